The number of hydrogen-bond acceptors (Lipinski definition) is 3. The molecule has 0 aliphatic heterocycles. The zero-order chi connectivity index (χ0) is 14.5. The van der Waals surface area contributed by atoms with Crippen LogP contribution in [0.4, 0.5) is 0 Å². The Balaban J connectivity index is 2.22. The Morgan fingerprint density at radius 2 is 1.75 bits per heavy atom. The number of carbonyl (C=O) groups excluding carboxylic acids is 1. The van der Waals surface area contributed by atoms with Crippen molar-refractivity contribution in [2.24, 2.45) is 0 Å². The average molecular weight is 335 g/mol. The lowest BCUT2D eigenvalue weighted by molar-refractivity contribution is 0.0992. The van der Waals surface area contributed by atoms with Crippen molar-refractivity contribution in [2.75, 3.05) is 14.2 Å². The van der Waals surface area contributed by atoms with E-state index in [9.17, 15) is 4.79 Å². The van der Waals surface area contributed by atoms with Gasteiger partial charge < -0.3 is 9.47 Å². The summed E-state index contributed by atoms with van der Waals surface area (Å²) < 4.78 is 11.2. The third kappa shape index (κ3) is 3.20. The molecule has 0 atom stereocenters. The summed E-state index contributed by atoms with van der Waals surface area (Å²) in [6, 6.07) is 12.9. The lowest BCUT2D eigenvalue weighted by Gasteiger charge is -2.09. The summed E-state index contributed by atoms with van der Waals surface area (Å²) in [4.78, 5) is 12.3. The van der Waals surface area contributed by atoms with Crippen LogP contribution in [0.15, 0.2) is 46.9 Å². The topological polar surface area (TPSA) is 35.5 Å². The third-order valence-electron chi connectivity index (χ3n) is 2.99. The van der Waals surface area contributed by atoms with Crippen molar-refractivity contribution in [3.63, 3.8) is 0 Å². The Hall–Kier alpha value is -1.81. The fourth-order valence-corrected chi connectivity index (χ4v) is 2.46. The minimum absolute atomic E-state index is 0.0599. The van der Waals surface area contributed by atoms with Crippen molar-refractivity contribution in [2.45, 2.75) is 6.42 Å². The fourth-order valence-electron chi connectivity index (χ4n) is 1.96. The SMILES string of the molecule is COc1ccc(CC(=O)c2ccccc2Br)cc1OC. The molecule has 4 heteroatoms. The Labute approximate surface area is 126 Å². The molecule has 0 fully saturated rings. The van der Waals surface area contributed by atoms with Gasteiger partial charge in [-0.25, -0.2) is 0 Å². The third-order valence-corrected chi connectivity index (χ3v) is 3.68. The molecule has 0 aliphatic rings. The number of hydrogen-bond donors (Lipinski definition) is 0. The van der Waals surface area contributed by atoms with Crippen LogP contribution in [0.2, 0.25) is 0 Å². The average Bonchev–Trinajstić information content (AvgIpc) is 2.47. The highest BCUT2D eigenvalue weighted by Crippen LogP contribution is 2.28. The van der Waals surface area contributed by atoms with Crippen LogP contribution in [0.1, 0.15) is 15.9 Å². The van der Waals surface area contributed by atoms with Crippen LogP contribution in [0, 0.1) is 0 Å². The second-order valence-electron chi connectivity index (χ2n) is 4.27. The quantitative estimate of drug-likeness (QED) is 0.778. The van der Waals surface area contributed by atoms with E-state index in [0.717, 1.165) is 10.0 Å². The van der Waals surface area contributed by atoms with Crippen LogP contribution in [0.5, 0.6) is 11.5 Å². The first-order valence-electron chi connectivity index (χ1n) is 6.14. The highest BCUT2D eigenvalue weighted by molar-refractivity contribution is 9.10. The first kappa shape index (κ1) is 14.6. The largest absolute Gasteiger partial charge is 0.493 e. The molecule has 0 N–H and O–H groups in total. The Morgan fingerprint density at radius 3 is 2.40 bits per heavy atom. The van der Waals surface area contributed by atoms with E-state index in [4.69, 9.17) is 9.47 Å². The van der Waals surface area contributed by atoms with Crippen LogP contribution in [0.25, 0.3) is 0 Å². The van der Waals surface area contributed by atoms with Gasteiger partial charge in [-0.3, -0.25) is 4.79 Å². The number of ketones is 1. The predicted octanol–water partition coefficient (Wildman–Crippen LogP) is 3.89. The van der Waals surface area contributed by atoms with Gasteiger partial charge in [0.25, 0.3) is 0 Å². The highest BCUT2D eigenvalue weighted by atomic mass is 79.9. The molecule has 104 valence electrons. The molecule has 3 nitrogen and oxygen atoms in total. The monoisotopic (exact) mass is 334 g/mol. The normalized spacial score (nSPS) is 10.2. The predicted molar refractivity (Wildman–Crippen MR) is 81.7 cm³/mol. The van der Waals surface area contributed by atoms with E-state index in [1.165, 1.54) is 0 Å². The van der Waals surface area contributed by atoms with Crippen LogP contribution in [0.3, 0.4) is 0 Å². The first-order valence-corrected chi connectivity index (χ1v) is 6.93. The van der Waals surface area contributed by atoms with E-state index in [2.05, 4.69) is 15.9 Å². The maximum atomic E-state index is 12.3. The van der Waals surface area contributed by atoms with Gasteiger partial charge in [0.1, 0.15) is 0 Å². The lowest BCUT2D eigenvalue weighted by atomic mass is 10.0. The fraction of sp³-hybridized carbons (Fsp3) is 0.188. The van der Waals surface area contributed by atoms with Gasteiger partial charge >= 0.3 is 0 Å². The van der Waals surface area contributed by atoms with Crippen molar-refractivity contribution in [1.82, 2.24) is 0 Å². The van der Waals surface area contributed by atoms with Crippen molar-refractivity contribution < 1.29 is 14.3 Å². The molecule has 2 aromatic rings. The zero-order valence-electron chi connectivity index (χ0n) is 11.4. The summed E-state index contributed by atoms with van der Waals surface area (Å²) in [7, 11) is 3.17. The number of rotatable bonds is 5. The van der Waals surface area contributed by atoms with Gasteiger partial charge in [0, 0.05) is 16.5 Å². The van der Waals surface area contributed by atoms with Crippen LogP contribution in [-0.2, 0) is 6.42 Å². The summed E-state index contributed by atoms with van der Waals surface area (Å²) in [6.07, 6.45) is 0.322. The number of methoxy groups -OCH3 is 2. The second-order valence-corrected chi connectivity index (χ2v) is 5.12. The van der Waals surface area contributed by atoms with E-state index in [1.54, 1.807) is 14.2 Å². The summed E-state index contributed by atoms with van der Waals surface area (Å²) in [5.41, 5.74) is 1.57. The summed E-state index contributed by atoms with van der Waals surface area (Å²) >= 11 is 3.40. The Morgan fingerprint density at radius 1 is 1.05 bits per heavy atom. The molecule has 0 saturated carbocycles. The maximum Gasteiger partial charge on any atom is 0.168 e. The molecule has 0 unspecified atom stereocenters. The number of ether oxygens (including phenoxy) is 2. The summed E-state index contributed by atoms with van der Waals surface area (Å²) in [5, 5.41) is 0. The number of carbonyl (C=O) groups is 1. The van der Waals surface area contributed by atoms with E-state index >= 15 is 0 Å². The molecule has 0 spiro atoms. The molecule has 0 bridgehead atoms. The first-order chi connectivity index (χ1) is 9.65. The molecular formula is C16H15BrO3. The standard InChI is InChI=1S/C16H15BrO3/c1-19-15-8-7-11(10-16(15)20-2)9-14(18)12-5-3-4-6-13(12)17/h3-8,10H,9H2,1-2H3. The molecule has 20 heavy (non-hydrogen) atoms. The number of halogens is 1. The van der Waals surface area contributed by atoms with Crippen LogP contribution in [-0.4, -0.2) is 20.0 Å². The molecule has 0 heterocycles. The molecular weight excluding hydrogens is 320 g/mol. The molecule has 2 aromatic carbocycles. The van der Waals surface area contributed by atoms with Gasteiger partial charge in [0.15, 0.2) is 17.3 Å². The zero-order valence-corrected chi connectivity index (χ0v) is 12.9. The number of Topliss-reactive ketones (excluding diaryl/α,β-unsaturated/α-hetero) is 1. The Kier molecular flexibility index (Phi) is 4.79. The van der Waals surface area contributed by atoms with Crippen molar-refractivity contribution in [3.05, 3.63) is 58.1 Å². The molecule has 0 aliphatic carbocycles. The van der Waals surface area contributed by atoms with Crippen LogP contribution >= 0.6 is 15.9 Å². The summed E-state index contributed by atoms with van der Waals surface area (Å²) in [6.45, 7) is 0. The Bertz CT molecular complexity index is 623. The van der Waals surface area contributed by atoms with Gasteiger partial charge in [-0.1, -0.05) is 40.2 Å². The van der Waals surface area contributed by atoms with Gasteiger partial charge in [-0.15, -0.1) is 0 Å². The molecule has 0 amide bonds. The van der Waals surface area contributed by atoms with Crippen molar-refractivity contribution in [3.8, 4) is 11.5 Å². The van der Waals surface area contributed by atoms with E-state index in [-0.39, 0.29) is 5.78 Å². The van der Waals surface area contributed by atoms with Gasteiger partial charge in [-0.05, 0) is 23.8 Å². The molecule has 2 rings (SSSR count). The highest BCUT2D eigenvalue weighted by Gasteiger charge is 2.12. The minimum atomic E-state index is 0.0599. The van der Waals surface area contributed by atoms with Crippen LogP contribution < -0.4 is 9.47 Å². The minimum Gasteiger partial charge on any atom is -0.493 e. The van der Waals surface area contributed by atoms with Gasteiger partial charge in [-0.2, -0.15) is 0 Å². The van der Waals surface area contributed by atoms with Crippen molar-refractivity contribution in [1.29, 1.82) is 0 Å². The lowest BCUT2D eigenvalue weighted by Crippen LogP contribution is -2.04. The maximum absolute atomic E-state index is 12.3. The molecule has 0 radical (unpaired) electrons. The van der Waals surface area contributed by atoms with E-state index in [1.807, 2.05) is 42.5 Å². The molecule has 0 saturated heterocycles. The number of benzene rings is 2. The second kappa shape index (κ2) is 6.57. The van der Waals surface area contributed by atoms with Crippen molar-refractivity contribution >= 4 is 21.7 Å². The summed E-state index contributed by atoms with van der Waals surface area (Å²) in [5.74, 6) is 1.35. The smallest absolute Gasteiger partial charge is 0.168 e. The van der Waals surface area contributed by atoms with Gasteiger partial charge in [0.2, 0.25) is 0 Å². The molecule has 0 aromatic heterocycles. The van der Waals surface area contributed by atoms with E-state index in [0.29, 0.717) is 23.5 Å². The van der Waals surface area contributed by atoms with E-state index < -0.39 is 0 Å². The van der Waals surface area contributed by atoms with Gasteiger partial charge in [0.05, 0.1) is 14.2 Å².